The highest BCUT2D eigenvalue weighted by molar-refractivity contribution is 5.52. The molecule has 0 radical (unpaired) electrons. The molecule has 0 aliphatic heterocycles. The minimum absolute atomic E-state index is 0.463. The van der Waals surface area contributed by atoms with Crippen molar-refractivity contribution in [2.45, 2.75) is 45.1 Å². The number of hydrogen-bond donors (Lipinski definition) is 2. The van der Waals surface area contributed by atoms with Gasteiger partial charge in [-0.05, 0) is 50.7 Å². The molecule has 1 heterocycles. The van der Waals surface area contributed by atoms with Crippen molar-refractivity contribution in [3.05, 3.63) is 23.4 Å². The fraction of sp³-hybridized carbons (Fsp3) is 0.600. The van der Waals surface area contributed by atoms with E-state index in [0.29, 0.717) is 23.8 Å². The van der Waals surface area contributed by atoms with Gasteiger partial charge in [0, 0.05) is 12.2 Å². The number of aromatic nitrogens is 1. The molecule has 19 heavy (non-hydrogen) atoms. The Hall–Kier alpha value is -1.60. The molecule has 0 bridgehead atoms. The number of rotatable bonds is 3. The number of nitriles is 1. The van der Waals surface area contributed by atoms with Crippen LogP contribution in [0.2, 0.25) is 0 Å². The van der Waals surface area contributed by atoms with Gasteiger partial charge in [-0.25, -0.2) is 4.98 Å². The van der Waals surface area contributed by atoms with Gasteiger partial charge in [0.15, 0.2) is 0 Å². The average molecular weight is 259 g/mol. The third-order valence-electron chi connectivity index (χ3n) is 3.94. The Morgan fingerprint density at radius 2 is 2.16 bits per heavy atom. The SMILES string of the molecule is Cc1ccc(C#N)c(NCC2(O)CCC(C)CC2)n1. The minimum Gasteiger partial charge on any atom is -0.388 e. The maximum atomic E-state index is 10.5. The maximum absolute atomic E-state index is 10.5. The first-order chi connectivity index (χ1) is 9.02. The molecule has 0 spiro atoms. The molecule has 0 aromatic carbocycles. The monoisotopic (exact) mass is 259 g/mol. The van der Waals surface area contributed by atoms with E-state index in [1.54, 1.807) is 6.07 Å². The first kappa shape index (κ1) is 13.8. The summed E-state index contributed by atoms with van der Waals surface area (Å²) in [4.78, 5) is 4.33. The Morgan fingerprint density at radius 3 is 2.79 bits per heavy atom. The van der Waals surface area contributed by atoms with Crippen LogP contribution < -0.4 is 5.32 Å². The highest BCUT2D eigenvalue weighted by Gasteiger charge is 2.31. The fourth-order valence-electron chi connectivity index (χ4n) is 2.51. The van der Waals surface area contributed by atoms with Crippen molar-refractivity contribution in [1.29, 1.82) is 5.26 Å². The second kappa shape index (κ2) is 5.58. The zero-order chi connectivity index (χ0) is 13.9. The van der Waals surface area contributed by atoms with Crippen LogP contribution >= 0.6 is 0 Å². The molecule has 1 fully saturated rings. The summed E-state index contributed by atoms with van der Waals surface area (Å²) in [5.74, 6) is 1.28. The average Bonchev–Trinajstić information content (AvgIpc) is 2.41. The summed E-state index contributed by atoms with van der Waals surface area (Å²) in [7, 11) is 0. The number of aryl methyl sites for hydroxylation is 1. The highest BCUT2D eigenvalue weighted by atomic mass is 16.3. The van der Waals surface area contributed by atoms with Crippen LogP contribution in [0.15, 0.2) is 12.1 Å². The predicted octanol–water partition coefficient (Wildman–Crippen LogP) is 2.61. The molecule has 1 aliphatic carbocycles. The molecule has 1 aromatic rings. The van der Waals surface area contributed by atoms with Crippen molar-refractivity contribution >= 4 is 5.82 Å². The second-order valence-electron chi connectivity index (χ2n) is 5.72. The third kappa shape index (κ3) is 3.45. The maximum Gasteiger partial charge on any atom is 0.144 e. The molecular weight excluding hydrogens is 238 g/mol. The summed E-state index contributed by atoms with van der Waals surface area (Å²) in [5, 5.41) is 22.7. The van der Waals surface area contributed by atoms with E-state index in [4.69, 9.17) is 5.26 Å². The third-order valence-corrected chi connectivity index (χ3v) is 3.94. The Morgan fingerprint density at radius 1 is 1.47 bits per heavy atom. The summed E-state index contributed by atoms with van der Waals surface area (Å²) < 4.78 is 0. The number of nitrogens with zero attached hydrogens (tertiary/aromatic N) is 2. The summed E-state index contributed by atoms with van der Waals surface area (Å²) in [6.07, 6.45) is 3.75. The smallest absolute Gasteiger partial charge is 0.144 e. The van der Waals surface area contributed by atoms with Crippen molar-refractivity contribution in [3.63, 3.8) is 0 Å². The lowest BCUT2D eigenvalue weighted by molar-refractivity contribution is 0.00494. The first-order valence-electron chi connectivity index (χ1n) is 6.86. The van der Waals surface area contributed by atoms with Crippen LogP contribution in [0.4, 0.5) is 5.82 Å². The Bertz CT molecular complexity index is 485. The van der Waals surface area contributed by atoms with E-state index < -0.39 is 5.60 Å². The van der Waals surface area contributed by atoms with Gasteiger partial charge in [0.25, 0.3) is 0 Å². The topological polar surface area (TPSA) is 68.9 Å². The Balaban J connectivity index is 2.03. The lowest BCUT2D eigenvalue weighted by Crippen LogP contribution is -2.40. The van der Waals surface area contributed by atoms with E-state index in [1.807, 2.05) is 13.0 Å². The number of aliphatic hydroxyl groups is 1. The zero-order valence-electron chi connectivity index (χ0n) is 11.6. The zero-order valence-corrected chi connectivity index (χ0v) is 11.6. The summed E-state index contributed by atoms with van der Waals surface area (Å²) in [5.41, 5.74) is 0.731. The largest absolute Gasteiger partial charge is 0.388 e. The molecule has 0 amide bonds. The summed E-state index contributed by atoms with van der Waals surface area (Å²) in [6, 6.07) is 5.71. The lowest BCUT2D eigenvalue weighted by atomic mass is 9.79. The molecule has 2 N–H and O–H groups in total. The molecule has 0 atom stereocenters. The van der Waals surface area contributed by atoms with Crippen LogP contribution in [0, 0.1) is 24.2 Å². The molecule has 1 saturated carbocycles. The number of nitrogens with one attached hydrogen (secondary N) is 1. The van der Waals surface area contributed by atoms with Crippen molar-refractivity contribution in [2.24, 2.45) is 5.92 Å². The van der Waals surface area contributed by atoms with E-state index >= 15 is 0 Å². The van der Waals surface area contributed by atoms with E-state index in [9.17, 15) is 5.11 Å². The van der Waals surface area contributed by atoms with Crippen LogP contribution in [-0.4, -0.2) is 22.2 Å². The van der Waals surface area contributed by atoms with Gasteiger partial charge in [0.1, 0.15) is 11.9 Å². The molecule has 1 aliphatic rings. The van der Waals surface area contributed by atoms with Crippen LogP contribution in [0.25, 0.3) is 0 Å². The van der Waals surface area contributed by atoms with Crippen LogP contribution in [0.1, 0.15) is 43.9 Å². The van der Waals surface area contributed by atoms with Gasteiger partial charge < -0.3 is 10.4 Å². The van der Waals surface area contributed by atoms with Gasteiger partial charge in [-0.3, -0.25) is 0 Å². The van der Waals surface area contributed by atoms with Gasteiger partial charge in [0.2, 0.25) is 0 Å². The van der Waals surface area contributed by atoms with Crippen molar-refractivity contribution in [3.8, 4) is 6.07 Å². The van der Waals surface area contributed by atoms with E-state index in [2.05, 4.69) is 23.3 Å². The number of hydrogen-bond acceptors (Lipinski definition) is 4. The molecule has 0 unspecified atom stereocenters. The van der Waals surface area contributed by atoms with Crippen molar-refractivity contribution < 1.29 is 5.11 Å². The Kier molecular flexibility index (Phi) is 4.06. The van der Waals surface area contributed by atoms with Crippen molar-refractivity contribution in [2.75, 3.05) is 11.9 Å². The predicted molar refractivity (Wildman–Crippen MR) is 74.8 cm³/mol. The summed E-state index contributed by atoms with van der Waals surface area (Å²) >= 11 is 0. The van der Waals surface area contributed by atoms with Crippen LogP contribution in [0.5, 0.6) is 0 Å². The van der Waals surface area contributed by atoms with Gasteiger partial charge in [-0.1, -0.05) is 6.92 Å². The van der Waals surface area contributed by atoms with Crippen LogP contribution in [-0.2, 0) is 0 Å². The quantitative estimate of drug-likeness (QED) is 0.875. The first-order valence-corrected chi connectivity index (χ1v) is 6.86. The molecule has 102 valence electrons. The fourth-order valence-corrected chi connectivity index (χ4v) is 2.51. The molecule has 0 saturated heterocycles. The van der Waals surface area contributed by atoms with E-state index in [-0.39, 0.29) is 0 Å². The number of pyridine rings is 1. The normalized spacial score (nSPS) is 26.7. The molecule has 2 rings (SSSR count). The van der Waals surface area contributed by atoms with Gasteiger partial charge in [-0.2, -0.15) is 5.26 Å². The standard InChI is InChI=1S/C15H21N3O/c1-11-5-7-15(19,8-6-11)10-17-14-13(9-16)4-3-12(2)18-14/h3-4,11,19H,5-8,10H2,1-2H3,(H,17,18). The van der Waals surface area contributed by atoms with Gasteiger partial charge in [-0.15, -0.1) is 0 Å². The van der Waals surface area contributed by atoms with E-state index in [1.165, 1.54) is 0 Å². The molecule has 4 nitrogen and oxygen atoms in total. The number of anilines is 1. The Labute approximate surface area is 114 Å². The lowest BCUT2D eigenvalue weighted by Gasteiger charge is -2.35. The van der Waals surface area contributed by atoms with E-state index in [0.717, 1.165) is 31.4 Å². The molecule has 1 aromatic heterocycles. The summed E-state index contributed by atoms with van der Waals surface area (Å²) in [6.45, 7) is 4.58. The van der Waals surface area contributed by atoms with Crippen LogP contribution in [0.3, 0.4) is 0 Å². The minimum atomic E-state index is -0.662. The second-order valence-corrected chi connectivity index (χ2v) is 5.72. The molecular formula is C15H21N3O. The molecule has 4 heteroatoms. The van der Waals surface area contributed by atoms with Gasteiger partial charge in [0.05, 0.1) is 11.2 Å². The van der Waals surface area contributed by atoms with Gasteiger partial charge >= 0.3 is 0 Å². The van der Waals surface area contributed by atoms with Crippen molar-refractivity contribution in [1.82, 2.24) is 4.98 Å². The highest BCUT2D eigenvalue weighted by Crippen LogP contribution is 2.32.